The number of amidine groups is 1. The molecule has 3 fully saturated rings. The van der Waals surface area contributed by atoms with E-state index < -0.39 is 5.54 Å². The fourth-order valence-corrected chi connectivity index (χ4v) is 5.44. The van der Waals surface area contributed by atoms with E-state index in [-0.39, 0.29) is 6.03 Å². The van der Waals surface area contributed by atoms with Gasteiger partial charge in [0.05, 0.1) is 18.8 Å². The van der Waals surface area contributed by atoms with Crippen molar-refractivity contribution in [2.24, 2.45) is 4.99 Å². The average molecular weight is 434 g/mol. The fraction of sp³-hybridized carbons (Fsp3) is 0.480. The molecule has 2 saturated heterocycles. The summed E-state index contributed by atoms with van der Waals surface area (Å²) in [5.41, 5.74) is 1.54. The Morgan fingerprint density at radius 1 is 1.22 bits per heavy atom. The summed E-state index contributed by atoms with van der Waals surface area (Å²) in [6.45, 7) is 2.54. The number of nitrogens with one attached hydrogen (secondary N) is 1. The van der Waals surface area contributed by atoms with Crippen molar-refractivity contribution < 1.29 is 9.53 Å². The van der Waals surface area contributed by atoms with E-state index in [2.05, 4.69) is 21.3 Å². The molecule has 32 heavy (non-hydrogen) atoms. The molecular formula is C25H31N5O2. The highest BCUT2D eigenvalue weighted by atomic mass is 16.5. The lowest BCUT2D eigenvalue weighted by Crippen LogP contribution is -2.60. The molecule has 3 aliphatic rings. The Morgan fingerprint density at radius 3 is 2.88 bits per heavy atom. The number of hydrogen-bond donors (Lipinski definition) is 1. The number of amides is 2. The molecule has 1 saturated carbocycles. The second kappa shape index (κ2) is 8.90. The smallest absolute Gasteiger partial charge is 0.328 e. The summed E-state index contributed by atoms with van der Waals surface area (Å²) < 4.78 is 5.45. The minimum Gasteiger partial charge on any atom is -0.497 e. The number of hydrogen-bond acceptors (Lipinski definition) is 5. The van der Waals surface area contributed by atoms with Gasteiger partial charge in [0.25, 0.3) is 0 Å². The third-order valence-electron chi connectivity index (χ3n) is 6.92. The van der Waals surface area contributed by atoms with Crippen LogP contribution in [0.4, 0.5) is 10.5 Å². The predicted octanol–water partition coefficient (Wildman–Crippen LogP) is 4.00. The molecule has 168 valence electrons. The van der Waals surface area contributed by atoms with Crippen LogP contribution in [0.1, 0.15) is 44.1 Å². The zero-order chi connectivity index (χ0) is 22.0. The fourth-order valence-electron chi connectivity index (χ4n) is 5.44. The number of anilines is 1. The quantitative estimate of drug-likeness (QED) is 0.774. The summed E-state index contributed by atoms with van der Waals surface area (Å²) in [6.07, 6.45) is 10.3. The van der Waals surface area contributed by atoms with Gasteiger partial charge in [-0.15, -0.1) is 0 Å². The second-order valence-electron chi connectivity index (χ2n) is 9.09. The van der Waals surface area contributed by atoms with Crippen LogP contribution in [-0.2, 0) is 6.54 Å². The highest BCUT2D eigenvalue weighted by Crippen LogP contribution is 2.39. The van der Waals surface area contributed by atoms with Crippen molar-refractivity contribution in [3.63, 3.8) is 0 Å². The molecule has 1 aromatic carbocycles. The van der Waals surface area contributed by atoms with Crippen molar-refractivity contribution in [2.75, 3.05) is 25.1 Å². The number of urea groups is 1. The van der Waals surface area contributed by atoms with Crippen LogP contribution in [0.3, 0.4) is 0 Å². The largest absolute Gasteiger partial charge is 0.497 e. The number of carbonyl (C=O) groups is 1. The first-order valence-electron chi connectivity index (χ1n) is 11.6. The number of pyridine rings is 1. The summed E-state index contributed by atoms with van der Waals surface area (Å²) in [7, 11) is 1.65. The van der Waals surface area contributed by atoms with Crippen LogP contribution < -0.4 is 15.0 Å². The Bertz CT molecular complexity index is 989. The van der Waals surface area contributed by atoms with Gasteiger partial charge in [0.2, 0.25) is 0 Å². The van der Waals surface area contributed by atoms with E-state index in [1.165, 1.54) is 18.4 Å². The number of likely N-dealkylation sites (tertiary alicyclic amines) is 1. The molecule has 1 aromatic heterocycles. The number of methoxy groups -OCH3 is 1. The first kappa shape index (κ1) is 20.9. The van der Waals surface area contributed by atoms with Crippen LogP contribution in [-0.4, -0.2) is 53.5 Å². The standard InChI is InChI=1S/C25H31N5O2/c1-32-22-11-4-10-21(15-22)30-24(31)28-23(27-20-8-2-3-9-20)25(30)12-6-14-29(18-25)17-19-7-5-13-26-16-19/h4-5,7,10-11,13,15-16,20H,2-3,6,8-9,12,14,17-18H2,1H3,(H,27,28,31). The molecule has 3 heterocycles. The number of rotatable bonds is 5. The molecule has 1 unspecified atom stereocenters. The first-order chi connectivity index (χ1) is 15.7. The van der Waals surface area contributed by atoms with Gasteiger partial charge >= 0.3 is 6.03 Å². The lowest BCUT2D eigenvalue weighted by molar-refractivity contribution is 0.176. The van der Waals surface area contributed by atoms with Crippen molar-refractivity contribution >= 4 is 17.6 Å². The van der Waals surface area contributed by atoms with Crippen LogP contribution in [0, 0.1) is 0 Å². The van der Waals surface area contributed by atoms with Crippen molar-refractivity contribution in [1.82, 2.24) is 15.2 Å². The van der Waals surface area contributed by atoms with Gasteiger partial charge in [0, 0.05) is 31.5 Å². The van der Waals surface area contributed by atoms with E-state index >= 15 is 0 Å². The summed E-state index contributed by atoms with van der Waals surface area (Å²) >= 11 is 0. The van der Waals surface area contributed by atoms with Gasteiger partial charge in [0.15, 0.2) is 0 Å². The van der Waals surface area contributed by atoms with Gasteiger partial charge < -0.3 is 4.74 Å². The Morgan fingerprint density at radius 2 is 2.09 bits per heavy atom. The van der Waals surface area contributed by atoms with Gasteiger partial charge in [-0.3, -0.25) is 25.1 Å². The predicted molar refractivity (Wildman–Crippen MR) is 125 cm³/mol. The van der Waals surface area contributed by atoms with Crippen LogP contribution in [0.15, 0.2) is 53.8 Å². The van der Waals surface area contributed by atoms with Crippen molar-refractivity contribution in [3.05, 3.63) is 54.4 Å². The molecule has 7 nitrogen and oxygen atoms in total. The maximum Gasteiger partial charge on any atom is 0.328 e. The number of benzene rings is 1. The SMILES string of the molecule is COc1cccc(N2C(=O)NC(=NC3CCCC3)C23CCCN(Cc2cccnc2)C3)c1. The topological polar surface area (TPSA) is 70.1 Å². The van der Waals surface area contributed by atoms with Gasteiger partial charge in [-0.2, -0.15) is 0 Å². The summed E-state index contributed by atoms with van der Waals surface area (Å²) in [4.78, 5) is 27.1. The van der Waals surface area contributed by atoms with Gasteiger partial charge in [0.1, 0.15) is 17.1 Å². The normalized spacial score (nSPS) is 25.6. The van der Waals surface area contributed by atoms with Crippen LogP contribution in [0.5, 0.6) is 5.75 Å². The lowest BCUT2D eigenvalue weighted by atomic mass is 9.86. The Hall–Kier alpha value is -2.93. The first-order valence-corrected chi connectivity index (χ1v) is 11.6. The summed E-state index contributed by atoms with van der Waals surface area (Å²) in [6, 6.07) is 12.1. The minimum atomic E-state index is -0.494. The maximum atomic E-state index is 13.4. The molecule has 1 atom stereocenters. The van der Waals surface area contributed by atoms with E-state index in [4.69, 9.17) is 9.73 Å². The van der Waals surface area contributed by atoms with Gasteiger partial charge in [-0.05, 0) is 56.0 Å². The molecule has 5 rings (SSSR count). The summed E-state index contributed by atoms with van der Waals surface area (Å²) in [5, 5.41) is 3.17. The monoisotopic (exact) mass is 433 g/mol. The Labute approximate surface area is 189 Å². The number of aliphatic imine (C=N–C) groups is 1. The van der Waals surface area contributed by atoms with Crippen LogP contribution >= 0.6 is 0 Å². The van der Waals surface area contributed by atoms with E-state index in [0.717, 1.165) is 62.6 Å². The second-order valence-corrected chi connectivity index (χ2v) is 9.09. The molecule has 1 spiro atoms. The van der Waals surface area contributed by atoms with Gasteiger partial charge in [-0.25, -0.2) is 4.79 Å². The zero-order valence-corrected chi connectivity index (χ0v) is 18.7. The molecular weight excluding hydrogens is 402 g/mol. The van der Waals surface area contributed by atoms with Gasteiger partial charge in [-0.1, -0.05) is 25.0 Å². The molecule has 2 aromatic rings. The van der Waals surface area contributed by atoms with E-state index in [1.807, 2.05) is 41.4 Å². The molecule has 0 radical (unpaired) electrons. The van der Waals surface area contributed by atoms with Crippen molar-refractivity contribution in [1.29, 1.82) is 0 Å². The number of ether oxygens (including phenoxy) is 1. The molecule has 7 heteroatoms. The molecule has 1 aliphatic carbocycles. The number of carbonyl (C=O) groups excluding carboxylic acids is 1. The lowest BCUT2D eigenvalue weighted by Gasteiger charge is -2.44. The minimum absolute atomic E-state index is 0.0989. The third kappa shape index (κ3) is 3.97. The number of piperidine rings is 1. The van der Waals surface area contributed by atoms with Crippen LogP contribution in [0.2, 0.25) is 0 Å². The summed E-state index contributed by atoms with van der Waals surface area (Å²) in [5.74, 6) is 1.59. The highest BCUT2D eigenvalue weighted by Gasteiger charge is 2.53. The van der Waals surface area contributed by atoms with E-state index in [0.29, 0.717) is 6.04 Å². The average Bonchev–Trinajstić information content (AvgIpc) is 3.41. The van der Waals surface area contributed by atoms with Crippen molar-refractivity contribution in [3.8, 4) is 5.75 Å². The highest BCUT2D eigenvalue weighted by molar-refractivity contribution is 6.19. The Balaban J connectivity index is 1.52. The van der Waals surface area contributed by atoms with E-state index in [9.17, 15) is 4.79 Å². The molecule has 2 amide bonds. The number of aromatic nitrogens is 1. The third-order valence-corrected chi connectivity index (χ3v) is 6.92. The molecule has 1 N–H and O–H groups in total. The number of nitrogens with zero attached hydrogens (tertiary/aromatic N) is 4. The zero-order valence-electron chi connectivity index (χ0n) is 18.7. The van der Waals surface area contributed by atoms with Crippen LogP contribution in [0.25, 0.3) is 0 Å². The maximum absolute atomic E-state index is 13.4. The molecule has 2 aliphatic heterocycles. The Kier molecular flexibility index (Phi) is 5.83. The van der Waals surface area contributed by atoms with E-state index in [1.54, 1.807) is 13.3 Å². The van der Waals surface area contributed by atoms with Crippen molar-refractivity contribution in [2.45, 2.75) is 56.7 Å². The molecule has 0 bridgehead atoms.